The molecule has 1 aromatic rings. The lowest BCUT2D eigenvalue weighted by Crippen LogP contribution is -2.46. The number of benzene rings is 1. The molecule has 3 amide bonds. The summed E-state index contributed by atoms with van der Waals surface area (Å²) in [4.78, 5) is 26.1. The third kappa shape index (κ3) is 3.66. The zero-order valence-electron chi connectivity index (χ0n) is 13.9. The van der Waals surface area contributed by atoms with Gasteiger partial charge in [-0.2, -0.15) is 0 Å². The number of hydrogen-bond donors (Lipinski definition) is 2. The number of amides is 3. The van der Waals surface area contributed by atoms with Crippen LogP contribution in [0.15, 0.2) is 18.2 Å². The van der Waals surface area contributed by atoms with Crippen molar-refractivity contribution in [2.75, 3.05) is 11.4 Å². The van der Waals surface area contributed by atoms with Gasteiger partial charge in [0, 0.05) is 24.7 Å². The molecule has 1 heterocycles. The Morgan fingerprint density at radius 2 is 1.78 bits per heavy atom. The van der Waals surface area contributed by atoms with Gasteiger partial charge in [0.1, 0.15) is 0 Å². The van der Waals surface area contributed by atoms with Gasteiger partial charge < -0.3 is 15.5 Å². The van der Waals surface area contributed by atoms with Crippen LogP contribution in [0.2, 0.25) is 0 Å². The molecule has 1 aromatic carbocycles. The van der Waals surface area contributed by atoms with Crippen LogP contribution in [0.25, 0.3) is 0 Å². The van der Waals surface area contributed by atoms with E-state index >= 15 is 0 Å². The van der Waals surface area contributed by atoms with Crippen LogP contribution in [-0.2, 0) is 4.79 Å². The molecule has 124 valence electrons. The predicted molar refractivity (Wildman–Crippen MR) is 90.6 cm³/mol. The lowest BCUT2D eigenvalue weighted by atomic mass is 10.1. The Morgan fingerprint density at radius 1 is 1.09 bits per heavy atom. The summed E-state index contributed by atoms with van der Waals surface area (Å²) < 4.78 is 0. The van der Waals surface area contributed by atoms with Crippen LogP contribution in [0.1, 0.15) is 43.2 Å². The molecule has 2 N–H and O–H groups in total. The number of aryl methyl sites for hydroxylation is 2. The standard InChI is InChI=1S/C18H25N3O2/c1-12-7-8-16(9-13(12)2)21-11-15(10-17(21)22)20-18(23)19-14-5-3-4-6-14/h7-9,14-15H,3-6,10-11H2,1-2H3,(H2,19,20,23)/t15-/m1/s1. The van der Waals surface area contributed by atoms with Gasteiger partial charge in [0.2, 0.25) is 5.91 Å². The van der Waals surface area contributed by atoms with Gasteiger partial charge in [-0.1, -0.05) is 18.9 Å². The molecule has 0 aromatic heterocycles. The van der Waals surface area contributed by atoms with E-state index in [1.54, 1.807) is 4.90 Å². The molecule has 1 aliphatic carbocycles. The third-order valence-electron chi connectivity index (χ3n) is 4.95. The Kier molecular flexibility index (Phi) is 4.55. The average molecular weight is 315 g/mol. The van der Waals surface area contributed by atoms with Gasteiger partial charge in [-0.3, -0.25) is 4.79 Å². The number of rotatable bonds is 3. The molecular weight excluding hydrogens is 290 g/mol. The number of nitrogens with zero attached hydrogens (tertiary/aromatic N) is 1. The summed E-state index contributed by atoms with van der Waals surface area (Å²) in [7, 11) is 0. The zero-order chi connectivity index (χ0) is 16.4. The molecule has 0 radical (unpaired) electrons. The summed E-state index contributed by atoms with van der Waals surface area (Å²) in [5.41, 5.74) is 3.30. The van der Waals surface area contributed by atoms with E-state index in [0.29, 0.717) is 19.0 Å². The number of urea groups is 1. The molecule has 2 aliphatic rings. The van der Waals surface area contributed by atoms with Crippen molar-refractivity contribution in [1.82, 2.24) is 10.6 Å². The van der Waals surface area contributed by atoms with Gasteiger partial charge in [0.15, 0.2) is 0 Å². The van der Waals surface area contributed by atoms with E-state index in [2.05, 4.69) is 17.6 Å². The molecule has 5 nitrogen and oxygen atoms in total. The van der Waals surface area contributed by atoms with Crippen LogP contribution in [0.5, 0.6) is 0 Å². The quantitative estimate of drug-likeness (QED) is 0.901. The predicted octanol–water partition coefficient (Wildman–Crippen LogP) is 2.65. The number of carbonyl (C=O) groups is 2. The van der Waals surface area contributed by atoms with Crippen LogP contribution >= 0.6 is 0 Å². The average Bonchev–Trinajstić information content (AvgIpc) is 3.12. The maximum absolute atomic E-state index is 12.3. The van der Waals surface area contributed by atoms with Gasteiger partial charge in [0.05, 0.1) is 6.04 Å². The fourth-order valence-electron chi connectivity index (χ4n) is 3.43. The van der Waals surface area contributed by atoms with Crippen molar-refractivity contribution in [1.29, 1.82) is 0 Å². The monoisotopic (exact) mass is 315 g/mol. The lowest BCUT2D eigenvalue weighted by Gasteiger charge is -2.19. The Bertz CT molecular complexity index is 608. The van der Waals surface area contributed by atoms with E-state index < -0.39 is 0 Å². The topological polar surface area (TPSA) is 61.4 Å². The van der Waals surface area contributed by atoms with Gasteiger partial charge in [-0.05, 0) is 49.9 Å². The van der Waals surface area contributed by atoms with Crippen molar-refractivity contribution < 1.29 is 9.59 Å². The summed E-state index contributed by atoms with van der Waals surface area (Å²) >= 11 is 0. The number of carbonyl (C=O) groups excluding carboxylic acids is 2. The molecule has 1 atom stereocenters. The first kappa shape index (κ1) is 15.8. The second-order valence-corrected chi connectivity index (χ2v) is 6.77. The minimum atomic E-state index is -0.142. The number of hydrogen-bond acceptors (Lipinski definition) is 2. The van der Waals surface area contributed by atoms with Crippen LogP contribution in [0.4, 0.5) is 10.5 Å². The van der Waals surface area contributed by atoms with Gasteiger partial charge in [-0.15, -0.1) is 0 Å². The highest BCUT2D eigenvalue weighted by Gasteiger charge is 2.32. The third-order valence-corrected chi connectivity index (χ3v) is 4.95. The van der Waals surface area contributed by atoms with Crippen molar-refractivity contribution in [3.63, 3.8) is 0 Å². The van der Waals surface area contributed by atoms with Crippen molar-refractivity contribution in [2.45, 2.75) is 58.0 Å². The second kappa shape index (κ2) is 6.60. The second-order valence-electron chi connectivity index (χ2n) is 6.77. The molecule has 5 heteroatoms. The number of anilines is 1. The van der Waals surface area contributed by atoms with Crippen molar-refractivity contribution in [3.8, 4) is 0 Å². The highest BCUT2D eigenvalue weighted by molar-refractivity contribution is 5.96. The molecule has 23 heavy (non-hydrogen) atoms. The van der Waals surface area contributed by atoms with Crippen LogP contribution < -0.4 is 15.5 Å². The van der Waals surface area contributed by atoms with Crippen molar-refractivity contribution in [2.24, 2.45) is 0 Å². The van der Waals surface area contributed by atoms with E-state index in [4.69, 9.17) is 0 Å². The minimum absolute atomic E-state index is 0.0689. The zero-order valence-corrected chi connectivity index (χ0v) is 13.9. The lowest BCUT2D eigenvalue weighted by molar-refractivity contribution is -0.117. The Morgan fingerprint density at radius 3 is 2.48 bits per heavy atom. The Balaban J connectivity index is 1.58. The summed E-state index contributed by atoms with van der Waals surface area (Å²) in [6.07, 6.45) is 4.86. The molecule has 0 spiro atoms. The van der Waals surface area contributed by atoms with Crippen LogP contribution in [0, 0.1) is 13.8 Å². The molecule has 1 saturated heterocycles. The number of nitrogens with one attached hydrogen (secondary N) is 2. The highest BCUT2D eigenvalue weighted by atomic mass is 16.2. The Labute approximate surface area is 137 Å². The molecule has 3 rings (SSSR count). The first-order chi connectivity index (χ1) is 11.0. The highest BCUT2D eigenvalue weighted by Crippen LogP contribution is 2.24. The van der Waals surface area contributed by atoms with E-state index in [0.717, 1.165) is 18.5 Å². The van der Waals surface area contributed by atoms with E-state index in [1.807, 2.05) is 25.1 Å². The molecule has 0 bridgehead atoms. The fraction of sp³-hybridized carbons (Fsp3) is 0.556. The normalized spacial score (nSPS) is 21.7. The summed E-state index contributed by atoms with van der Waals surface area (Å²) in [5, 5.41) is 5.96. The first-order valence-corrected chi connectivity index (χ1v) is 8.47. The van der Waals surface area contributed by atoms with Crippen molar-refractivity contribution >= 4 is 17.6 Å². The maximum Gasteiger partial charge on any atom is 0.315 e. The molecule has 0 unspecified atom stereocenters. The molecule has 2 fully saturated rings. The Hall–Kier alpha value is -2.04. The van der Waals surface area contributed by atoms with Gasteiger partial charge in [0.25, 0.3) is 0 Å². The first-order valence-electron chi connectivity index (χ1n) is 8.47. The maximum atomic E-state index is 12.3. The van der Waals surface area contributed by atoms with E-state index in [9.17, 15) is 9.59 Å². The molecule has 1 aliphatic heterocycles. The fourth-order valence-corrected chi connectivity index (χ4v) is 3.43. The van der Waals surface area contributed by atoms with Crippen molar-refractivity contribution in [3.05, 3.63) is 29.3 Å². The smallest absolute Gasteiger partial charge is 0.315 e. The van der Waals surface area contributed by atoms with Crippen LogP contribution in [0.3, 0.4) is 0 Å². The van der Waals surface area contributed by atoms with Gasteiger partial charge >= 0.3 is 6.03 Å². The summed E-state index contributed by atoms with van der Waals surface area (Å²) in [6, 6.07) is 6.08. The van der Waals surface area contributed by atoms with Gasteiger partial charge in [-0.25, -0.2) is 4.79 Å². The molecular formula is C18H25N3O2. The SMILES string of the molecule is Cc1ccc(N2C[C@H](NC(=O)NC3CCCC3)CC2=O)cc1C. The molecule has 1 saturated carbocycles. The minimum Gasteiger partial charge on any atom is -0.335 e. The van der Waals surface area contributed by atoms with E-state index in [1.165, 1.54) is 24.0 Å². The van der Waals surface area contributed by atoms with E-state index in [-0.39, 0.29) is 18.0 Å². The largest absolute Gasteiger partial charge is 0.335 e. The summed E-state index contributed by atoms with van der Waals surface area (Å²) in [5.74, 6) is 0.0689. The van der Waals surface area contributed by atoms with Crippen LogP contribution in [-0.4, -0.2) is 30.6 Å². The summed E-state index contributed by atoms with van der Waals surface area (Å²) in [6.45, 7) is 4.65.